The Hall–Kier alpha value is -1.32. The highest BCUT2D eigenvalue weighted by Gasteiger charge is 1.98. The molecule has 0 spiro atoms. The van der Waals surface area contributed by atoms with E-state index in [2.05, 4.69) is 15.0 Å². The van der Waals surface area contributed by atoms with Crippen LogP contribution in [0.4, 0.5) is 5.82 Å². The molecule has 0 aliphatic rings. The Bertz CT molecular complexity index is 225. The van der Waals surface area contributed by atoms with Crippen molar-refractivity contribution < 1.29 is 0 Å². The van der Waals surface area contributed by atoms with Gasteiger partial charge in [0.2, 0.25) is 0 Å². The summed E-state index contributed by atoms with van der Waals surface area (Å²) >= 11 is 0. The fourth-order valence-electron chi connectivity index (χ4n) is 0.756. The molecule has 0 saturated heterocycles. The molecule has 10 heavy (non-hydrogen) atoms. The number of hydrogen-bond acceptors (Lipinski definition) is 2. The Balaban J connectivity index is 2.90. The first-order valence-corrected chi connectivity index (χ1v) is 3.15. The first kappa shape index (κ1) is 6.80. The molecule has 1 aromatic rings. The molecule has 0 aliphatic carbocycles. The Morgan fingerprint density at radius 2 is 2.70 bits per heavy atom. The van der Waals surface area contributed by atoms with Crippen LogP contribution in [0, 0.1) is 0 Å². The van der Waals surface area contributed by atoms with Crippen LogP contribution in [0.15, 0.2) is 11.3 Å². The molecular formula is C6H10N4. The van der Waals surface area contributed by atoms with Crippen LogP contribution in [-0.4, -0.2) is 16.3 Å². The number of aliphatic imine (C=N–C) groups is 1. The standard InChI is InChI=1S/C6H10N4/c1-2-5-6(8-3-7)10-4-9-5/h3-4H,2H2,1H3,(H2,7,8)(H,9,10). The summed E-state index contributed by atoms with van der Waals surface area (Å²) in [4.78, 5) is 10.8. The zero-order valence-electron chi connectivity index (χ0n) is 5.83. The fraction of sp³-hybridized carbons (Fsp3) is 0.333. The number of hydrogen-bond donors (Lipinski definition) is 2. The van der Waals surface area contributed by atoms with Gasteiger partial charge in [-0.3, -0.25) is 0 Å². The second kappa shape index (κ2) is 3.00. The van der Waals surface area contributed by atoms with Crippen LogP contribution in [0.5, 0.6) is 0 Å². The Labute approximate surface area is 59.2 Å². The van der Waals surface area contributed by atoms with E-state index >= 15 is 0 Å². The number of nitrogens with zero attached hydrogens (tertiary/aromatic N) is 2. The van der Waals surface area contributed by atoms with E-state index in [-0.39, 0.29) is 0 Å². The summed E-state index contributed by atoms with van der Waals surface area (Å²) in [7, 11) is 0. The third-order valence-corrected chi connectivity index (χ3v) is 1.25. The van der Waals surface area contributed by atoms with E-state index in [1.165, 1.54) is 6.34 Å². The van der Waals surface area contributed by atoms with Crippen molar-refractivity contribution in [3.8, 4) is 0 Å². The lowest BCUT2D eigenvalue weighted by atomic mass is 10.3. The summed E-state index contributed by atoms with van der Waals surface area (Å²) in [5.41, 5.74) is 6.11. The van der Waals surface area contributed by atoms with Gasteiger partial charge < -0.3 is 10.7 Å². The molecule has 0 aromatic carbocycles. The molecule has 0 unspecified atom stereocenters. The van der Waals surface area contributed by atoms with E-state index in [1.807, 2.05) is 6.92 Å². The summed E-state index contributed by atoms with van der Waals surface area (Å²) in [5.74, 6) is 0.685. The highest BCUT2D eigenvalue weighted by atomic mass is 15.0. The minimum absolute atomic E-state index is 0.685. The molecule has 1 heterocycles. The largest absolute Gasteiger partial charge is 0.390 e. The van der Waals surface area contributed by atoms with Gasteiger partial charge in [0, 0.05) is 0 Å². The lowest BCUT2D eigenvalue weighted by Crippen LogP contribution is -1.88. The number of aromatic nitrogens is 2. The van der Waals surface area contributed by atoms with Crippen LogP contribution in [0.3, 0.4) is 0 Å². The average Bonchev–Trinajstić information content (AvgIpc) is 2.36. The van der Waals surface area contributed by atoms with Crippen molar-refractivity contribution in [1.82, 2.24) is 9.97 Å². The SMILES string of the molecule is CCc1[nH]cnc1N=CN. The topological polar surface area (TPSA) is 67.1 Å². The Morgan fingerprint density at radius 3 is 3.30 bits per heavy atom. The predicted molar refractivity (Wildman–Crippen MR) is 40.3 cm³/mol. The van der Waals surface area contributed by atoms with Crippen LogP contribution in [0.1, 0.15) is 12.6 Å². The van der Waals surface area contributed by atoms with Crippen LogP contribution in [-0.2, 0) is 6.42 Å². The summed E-state index contributed by atoms with van der Waals surface area (Å²) < 4.78 is 0. The minimum atomic E-state index is 0.685. The van der Waals surface area contributed by atoms with Gasteiger partial charge in [-0.2, -0.15) is 0 Å². The van der Waals surface area contributed by atoms with Gasteiger partial charge in [-0.25, -0.2) is 9.98 Å². The number of nitrogens with one attached hydrogen (secondary N) is 1. The van der Waals surface area contributed by atoms with Gasteiger partial charge in [0.15, 0.2) is 5.82 Å². The molecule has 0 bridgehead atoms. The third kappa shape index (κ3) is 1.15. The highest BCUT2D eigenvalue weighted by Crippen LogP contribution is 2.11. The van der Waals surface area contributed by atoms with Crippen molar-refractivity contribution in [2.24, 2.45) is 10.7 Å². The highest BCUT2D eigenvalue weighted by molar-refractivity contribution is 5.57. The molecule has 0 atom stereocenters. The summed E-state index contributed by atoms with van der Waals surface area (Å²) in [5, 5.41) is 0. The van der Waals surface area contributed by atoms with Crippen LogP contribution in [0.2, 0.25) is 0 Å². The molecular weight excluding hydrogens is 128 g/mol. The lowest BCUT2D eigenvalue weighted by Gasteiger charge is -1.88. The van der Waals surface area contributed by atoms with Crippen molar-refractivity contribution in [2.75, 3.05) is 0 Å². The number of rotatable bonds is 2. The Morgan fingerprint density at radius 1 is 1.90 bits per heavy atom. The number of nitrogens with two attached hydrogens (primary N) is 1. The van der Waals surface area contributed by atoms with E-state index in [1.54, 1.807) is 6.33 Å². The lowest BCUT2D eigenvalue weighted by molar-refractivity contribution is 1.06. The number of aromatic amines is 1. The zero-order valence-corrected chi connectivity index (χ0v) is 5.83. The van der Waals surface area contributed by atoms with Gasteiger partial charge in [-0.15, -0.1) is 0 Å². The van der Waals surface area contributed by atoms with Crippen molar-refractivity contribution in [3.05, 3.63) is 12.0 Å². The van der Waals surface area contributed by atoms with Gasteiger partial charge in [-0.1, -0.05) is 6.92 Å². The molecule has 0 radical (unpaired) electrons. The second-order valence-electron chi connectivity index (χ2n) is 1.84. The minimum Gasteiger partial charge on any atom is -0.390 e. The van der Waals surface area contributed by atoms with Gasteiger partial charge in [0.05, 0.1) is 18.4 Å². The summed E-state index contributed by atoms with van der Waals surface area (Å²) in [6.07, 6.45) is 3.75. The van der Waals surface area contributed by atoms with Crippen LogP contribution in [0.25, 0.3) is 0 Å². The van der Waals surface area contributed by atoms with Crippen molar-refractivity contribution in [1.29, 1.82) is 0 Å². The van der Waals surface area contributed by atoms with E-state index in [0.717, 1.165) is 12.1 Å². The first-order chi connectivity index (χ1) is 4.88. The zero-order chi connectivity index (χ0) is 7.40. The maximum Gasteiger partial charge on any atom is 0.174 e. The molecule has 1 rings (SSSR count). The second-order valence-corrected chi connectivity index (χ2v) is 1.84. The number of aryl methyl sites for hydroxylation is 1. The maximum absolute atomic E-state index is 5.10. The molecule has 0 aliphatic heterocycles. The normalized spacial score (nSPS) is 10.9. The Kier molecular flexibility index (Phi) is 2.04. The fourth-order valence-corrected chi connectivity index (χ4v) is 0.756. The monoisotopic (exact) mass is 138 g/mol. The molecule has 0 fully saturated rings. The van der Waals surface area contributed by atoms with Gasteiger partial charge >= 0.3 is 0 Å². The van der Waals surface area contributed by atoms with Gasteiger partial charge in [-0.05, 0) is 6.42 Å². The average molecular weight is 138 g/mol. The van der Waals surface area contributed by atoms with E-state index in [4.69, 9.17) is 5.73 Å². The smallest absolute Gasteiger partial charge is 0.174 e. The third-order valence-electron chi connectivity index (χ3n) is 1.25. The van der Waals surface area contributed by atoms with Gasteiger partial charge in [0.1, 0.15) is 0 Å². The number of H-pyrrole nitrogens is 1. The van der Waals surface area contributed by atoms with Gasteiger partial charge in [0.25, 0.3) is 0 Å². The van der Waals surface area contributed by atoms with Crippen molar-refractivity contribution in [2.45, 2.75) is 13.3 Å². The number of imidazole rings is 1. The van der Waals surface area contributed by atoms with Crippen LogP contribution >= 0.6 is 0 Å². The summed E-state index contributed by atoms with van der Waals surface area (Å²) in [6, 6.07) is 0. The van der Waals surface area contributed by atoms with Crippen LogP contribution < -0.4 is 5.73 Å². The molecule has 1 aromatic heterocycles. The van der Waals surface area contributed by atoms with E-state index in [9.17, 15) is 0 Å². The molecule has 3 N–H and O–H groups in total. The molecule has 0 saturated carbocycles. The van der Waals surface area contributed by atoms with E-state index < -0.39 is 0 Å². The quantitative estimate of drug-likeness (QED) is 0.464. The molecule has 54 valence electrons. The van der Waals surface area contributed by atoms with Crippen molar-refractivity contribution >= 4 is 12.2 Å². The molecule has 0 amide bonds. The first-order valence-electron chi connectivity index (χ1n) is 3.15. The predicted octanol–water partition coefficient (Wildman–Crippen LogP) is 0.591. The molecule has 4 heteroatoms. The van der Waals surface area contributed by atoms with Crippen molar-refractivity contribution in [3.63, 3.8) is 0 Å². The summed E-state index contributed by atoms with van der Waals surface area (Å²) in [6.45, 7) is 2.03. The van der Waals surface area contributed by atoms with E-state index in [0.29, 0.717) is 5.82 Å². The molecule has 4 nitrogen and oxygen atoms in total. The maximum atomic E-state index is 5.10.